The van der Waals surface area contributed by atoms with Gasteiger partial charge in [0.15, 0.2) is 0 Å². The van der Waals surface area contributed by atoms with E-state index in [4.69, 9.17) is 4.55 Å². The van der Waals surface area contributed by atoms with Gasteiger partial charge in [-0.2, -0.15) is 8.42 Å². The Morgan fingerprint density at radius 1 is 1.43 bits per heavy atom. The SMILES string of the molecule is CC(C)C(=O)NCCCS(=O)(=O)O.[SrH2]. The van der Waals surface area contributed by atoms with Crippen LogP contribution in [-0.2, 0) is 14.9 Å². The summed E-state index contributed by atoms with van der Waals surface area (Å²) in [5, 5.41) is 2.54. The van der Waals surface area contributed by atoms with Crippen molar-refractivity contribution in [1.82, 2.24) is 5.32 Å². The summed E-state index contributed by atoms with van der Waals surface area (Å²) < 4.78 is 28.9. The summed E-state index contributed by atoms with van der Waals surface area (Å²) in [4.78, 5) is 10.9. The Labute approximate surface area is 122 Å². The van der Waals surface area contributed by atoms with Gasteiger partial charge in [-0.25, -0.2) is 0 Å². The molecule has 0 aromatic rings. The van der Waals surface area contributed by atoms with Crippen molar-refractivity contribution in [2.45, 2.75) is 20.3 Å². The van der Waals surface area contributed by atoms with E-state index < -0.39 is 10.1 Å². The fourth-order valence-electron chi connectivity index (χ4n) is 0.670. The van der Waals surface area contributed by atoms with Gasteiger partial charge in [0.05, 0.1) is 5.75 Å². The first-order valence-corrected chi connectivity index (χ1v) is 5.66. The summed E-state index contributed by atoms with van der Waals surface area (Å²) in [5.74, 6) is -0.535. The molecule has 0 radical (unpaired) electrons. The van der Waals surface area contributed by atoms with Gasteiger partial charge in [-0.1, -0.05) is 13.8 Å². The van der Waals surface area contributed by atoms with Crippen LogP contribution < -0.4 is 5.32 Å². The molecule has 0 aromatic heterocycles. The van der Waals surface area contributed by atoms with Crippen LogP contribution in [0.1, 0.15) is 20.3 Å². The molecule has 7 heteroatoms. The van der Waals surface area contributed by atoms with Gasteiger partial charge in [-0.05, 0) is 6.42 Å². The van der Waals surface area contributed by atoms with Gasteiger partial charge < -0.3 is 5.32 Å². The maximum atomic E-state index is 10.9. The van der Waals surface area contributed by atoms with E-state index in [1.165, 1.54) is 0 Å². The molecule has 0 fully saturated rings. The minimum atomic E-state index is -3.89. The van der Waals surface area contributed by atoms with Crippen LogP contribution in [0.2, 0.25) is 0 Å². The van der Waals surface area contributed by atoms with Crippen LogP contribution in [-0.4, -0.2) is 76.7 Å². The van der Waals surface area contributed by atoms with Gasteiger partial charge in [0, 0.05) is 12.5 Å². The molecule has 0 saturated carbocycles. The van der Waals surface area contributed by atoms with Gasteiger partial charge in [0.25, 0.3) is 10.1 Å². The second kappa shape index (κ2) is 8.06. The molecule has 0 aliphatic rings. The van der Waals surface area contributed by atoms with Crippen molar-refractivity contribution in [3.63, 3.8) is 0 Å². The molecule has 1 amide bonds. The summed E-state index contributed by atoms with van der Waals surface area (Å²) in [7, 11) is -3.89. The number of carbonyl (C=O) groups excluding carboxylic acids is 1. The molecular formula is C7H17NO4SSr. The van der Waals surface area contributed by atoms with Crippen LogP contribution in [0.3, 0.4) is 0 Å². The zero-order chi connectivity index (χ0) is 10.5. The van der Waals surface area contributed by atoms with Crippen molar-refractivity contribution >= 4 is 61.5 Å². The van der Waals surface area contributed by atoms with Crippen molar-refractivity contribution < 1.29 is 17.8 Å². The van der Waals surface area contributed by atoms with E-state index in [9.17, 15) is 13.2 Å². The Bertz CT molecular complexity index is 263. The Hall–Kier alpha value is 0.861. The van der Waals surface area contributed by atoms with E-state index >= 15 is 0 Å². The summed E-state index contributed by atoms with van der Waals surface area (Å²) in [5.41, 5.74) is 0. The zero-order valence-electron chi connectivity index (χ0n) is 7.78. The summed E-state index contributed by atoms with van der Waals surface area (Å²) in [6, 6.07) is 0. The molecule has 0 saturated heterocycles. The number of amides is 1. The quantitative estimate of drug-likeness (QED) is 0.392. The second-order valence-electron chi connectivity index (χ2n) is 3.09. The average Bonchev–Trinajstić information content (AvgIpc) is 1.95. The van der Waals surface area contributed by atoms with Crippen molar-refractivity contribution in [3.05, 3.63) is 0 Å². The average molecular weight is 299 g/mol. The van der Waals surface area contributed by atoms with Crippen LogP contribution in [0, 0.1) is 5.92 Å². The molecule has 5 nitrogen and oxygen atoms in total. The van der Waals surface area contributed by atoms with Crippen LogP contribution in [0.4, 0.5) is 0 Å². The Morgan fingerprint density at radius 3 is 2.29 bits per heavy atom. The fourth-order valence-corrected chi connectivity index (χ4v) is 1.18. The maximum absolute atomic E-state index is 10.9. The van der Waals surface area contributed by atoms with Crippen LogP contribution >= 0.6 is 0 Å². The third-order valence-corrected chi connectivity index (χ3v) is 2.21. The molecule has 0 heterocycles. The van der Waals surface area contributed by atoms with Gasteiger partial charge in [-0.15, -0.1) is 0 Å². The molecule has 0 unspecified atom stereocenters. The van der Waals surface area contributed by atoms with Crippen molar-refractivity contribution in [1.29, 1.82) is 0 Å². The molecule has 14 heavy (non-hydrogen) atoms. The van der Waals surface area contributed by atoms with E-state index in [1.807, 2.05) is 0 Å². The third kappa shape index (κ3) is 10.9. The van der Waals surface area contributed by atoms with Gasteiger partial charge in [0.1, 0.15) is 0 Å². The zero-order valence-corrected chi connectivity index (χ0v) is 8.60. The van der Waals surface area contributed by atoms with Crippen molar-refractivity contribution in [3.8, 4) is 0 Å². The summed E-state index contributed by atoms with van der Waals surface area (Å²) >= 11 is 0. The Balaban J connectivity index is 0. The second-order valence-corrected chi connectivity index (χ2v) is 4.66. The normalized spacial score (nSPS) is 10.9. The molecule has 0 spiro atoms. The van der Waals surface area contributed by atoms with Gasteiger partial charge >= 0.3 is 45.5 Å². The minimum absolute atomic E-state index is 0. The molecule has 82 valence electrons. The molecule has 0 aliphatic heterocycles. The number of rotatable bonds is 5. The number of hydrogen-bond donors (Lipinski definition) is 2. The number of carbonyl (C=O) groups is 1. The molecule has 0 bridgehead atoms. The predicted molar refractivity (Wildman–Crippen MR) is 57.4 cm³/mol. The Kier molecular flexibility index (Phi) is 9.94. The molecule has 0 aromatic carbocycles. The number of hydrogen-bond acceptors (Lipinski definition) is 3. The van der Waals surface area contributed by atoms with Crippen molar-refractivity contribution in [2.24, 2.45) is 5.92 Å². The number of nitrogens with one attached hydrogen (secondary N) is 1. The topological polar surface area (TPSA) is 83.5 Å². The van der Waals surface area contributed by atoms with E-state index in [0.717, 1.165) is 0 Å². The van der Waals surface area contributed by atoms with Crippen LogP contribution in [0.25, 0.3) is 0 Å². The van der Waals surface area contributed by atoms with Crippen LogP contribution in [0.5, 0.6) is 0 Å². The first-order chi connectivity index (χ1) is 5.83. The summed E-state index contributed by atoms with van der Waals surface area (Å²) in [6.07, 6.45) is 0.233. The molecule has 0 atom stereocenters. The molecule has 2 N–H and O–H groups in total. The first kappa shape index (κ1) is 17.3. The van der Waals surface area contributed by atoms with Gasteiger partial charge in [0.2, 0.25) is 5.91 Å². The summed E-state index contributed by atoms with van der Waals surface area (Å²) in [6.45, 7) is 3.77. The van der Waals surface area contributed by atoms with E-state index in [-0.39, 0.29) is 76.0 Å². The third-order valence-electron chi connectivity index (χ3n) is 1.40. The van der Waals surface area contributed by atoms with E-state index in [2.05, 4.69) is 5.32 Å². The predicted octanol–water partition coefficient (Wildman–Crippen LogP) is -0.880. The van der Waals surface area contributed by atoms with Crippen molar-refractivity contribution in [2.75, 3.05) is 12.3 Å². The standard InChI is InChI=1S/C7H15NO4S.Sr.2H/c1-6(2)7(9)8-4-3-5-13(10,11)12;;;/h6H,3-5H2,1-2H3,(H,8,9)(H,10,11,12);;;. The monoisotopic (exact) mass is 299 g/mol. The fraction of sp³-hybridized carbons (Fsp3) is 0.857. The first-order valence-electron chi connectivity index (χ1n) is 4.06. The Morgan fingerprint density at radius 2 is 1.93 bits per heavy atom. The van der Waals surface area contributed by atoms with Gasteiger partial charge in [-0.3, -0.25) is 9.35 Å². The van der Waals surface area contributed by atoms with E-state index in [1.54, 1.807) is 13.8 Å². The van der Waals surface area contributed by atoms with E-state index in [0.29, 0.717) is 0 Å². The van der Waals surface area contributed by atoms with Crippen LogP contribution in [0.15, 0.2) is 0 Å². The molecule has 0 rings (SSSR count). The molecular weight excluding hydrogens is 282 g/mol. The molecule has 0 aliphatic carbocycles.